The lowest BCUT2D eigenvalue weighted by molar-refractivity contribution is -0.139. The first-order valence-electron chi connectivity index (χ1n) is 10.7. The summed E-state index contributed by atoms with van der Waals surface area (Å²) in [5, 5.41) is 9.27. The molecule has 9 nitrogen and oxygen atoms in total. The van der Waals surface area contributed by atoms with E-state index >= 15 is 0 Å². The van der Waals surface area contributed by atoms with Gasteiger partial charge in [-0.1, -0.05) is 25.1 Å². The molecule has 10 heteroatoms. The molecule has 2 rings (SSSR count). The Morgan fingerprint density at radius 1 is 1.15 bits per heavy atom. The first-order chi connectivity index (χ1) is 16.2. The molecule has 0 fully saturated rings. The number of nitrogens with zero attached hydrogens (tertiary/aromatic N) is 1. The molecule has 2 aromatic carbocycles. The third kappa shape index (κ3) is 7.72. The second kappa shape index (κ2) is 12.9. The fraction of sp³-hybridized carbons (Fsp3) is 0.333. The highest BCUT2D eigenvalue weighted by molar-refractivity contribution is 14.1. The van der Waals surface area contributed by atoms with Gasteiger partial charge in [0.05, 0.1) is 16.9 Å². The predicted octanol–water partition coefficient (Wildman–Crippen LogP) is 3.30. The van der Waals surface area contributed by atoms with Crippen molar-refractivity contribution >= 4 is 52.2 Å². The van der Waals surface area contributed by atoms with Crippen LogP contribution in [0.15, 0.2) is 35.4 Å². The topological polar surface area (TPSA) is 118 Å². The Labute approximate surface area is 212 Å². The summed E-state index contributed by atoms with van der Waals surface area (Å²) < 4.78 is 11.8. The molecule has 0 saturated carbocycles. The van der Waals surface area contributed by atoms with Crippen LogP contribution in [-0.4, -0.2) is 43.7 Å². The van der Waals surface area contributed by atoms with Crippen LogP contribution in [0.3, 0.4) is 0 Å². The van der Waals surface area contributed by atoms with Crippen molar-refractivity contribution in [2.75, 3.05) is 19.0 Å². The van der Waals surface area contributed by atoms with Gasteiger partial charge in [-0.25, -0.2) is 5.43 Å². The Morgan fingerprint density at radius 3 is 2.44 bits per heavy atom. The lowest BCUT2D eigenvalue weighted by Gasteiger charge is -2.15. The average molecular weight is 580 g/mol. The highest BCUT2D eigenvalue weighted by Gasteiger charge is 2.16. The number of carbonyl (C=O) groups excluding carboxylic acids is 3. The second-order valence-corrected chi connectivity index (χ2v) is 8.78. The zero-order valence-corrected chi connectivity index (χ0v) is 22.0. The number of carbonyl (C=O) groups is 3. The van der Waals surface area contributed by atoms with E-state index in [-0.39, 0.29) is 18.6 Å². The van der Waals surface area contributed by atoms with E-state index in [1.54, 1.807) is 19.1 Å². The van der Waals surface area contributed by atoms with E-state index in [1.807, 2.05) is 39.0 Å². The molecule has 0 radical (unpaired) electrons. The molecule has 0 spiro atoms. The smallest absolute Gasteiger partial charge is 0.329 e. The predicted molar refractivity (Wildman–Crippen MR) is 139 cm³/mol. The first-order valence-corrected chi connectivity index (χ1v) is 11.7. The zero-order chi connectivity index (χ0) is 25.3. The molecule has 1 atom stereocenters. The summed E-state index contributed by atoms with van der Waals surface area (Å²) in [5.41, 5.74) is 5.50. The van der Waals surface area contributed by atoms with Crippen molar-refractivity contribution in [3.05, 3.63) is 50.6 Å². The Bertz CT molecular complexity index is 1070. The number of hydrazone groups is 1. The van der Waals surface area contributed by atoms with Gasteiger partial charge >= 0.3 is 11.8 Å². The van der Waals surface area contributed by atoms with Gasteiger partial charge in [0.1, 0.15) is 0 Å². The first kappa shape index (κ1) is 27.1. The number of anilines is 1. The van der Waals surface area contributed by atoms with Gasteiger partial charge in [-0.05, 0) is 78.6 Å². The summed E-state index contributed by atoms with van der Waals surface area (Å²) in [7, 11) is 1.48. The standard InChI is InChI=1S/C24H29IN4O5/c1-6-16(4)27-23(31)24(32)29-26-12-17-10-18(25)22(19(11-17)33-5)34-13-20(30)28-21-14(2)8-7-9-15(21)3/h7-12,16H,6,13H2,1-5H3,(H,27,31)(H,28,30)(H,29,32)/b26-12-/t16-/m1/s1. The fourth-order valence-corrected chi connectivity index (χ4v) is 3.67. The number of aryl methyl sites for hydroxylation is 2. The van der Waals surface area contributed by atoms with Crippen molar-refractivity contribution in [2.24, 2.45) is 5.10 Å². The lowest BCUT2D eigenvalue weighted by Crippen LogP contribution is -2.41. The van der Waals surface area contributed by atoms with Gasteiger partial charge in [-0.15, -0.1) is 0 Å². The Balaban J connectivity index is 2.02. The van der Waals surface area contributed by atoms with E-state index < -0.39 is 11.8 Å². The summed E-state index contributed by atoms with van der Waals surface area (Å²) in [4.78, 5) is 36.0. The zero-order valence-electron chi connectivity index (χ0n) is 19.8. The summed E-state index contributed by atoms with van der Waals surface area (Å²) in [6.07, 6.45) is 2.10. The molecule has 0 heterocycles. The van der Waals surface area contributed by atoms with Crippen molar-refractivity contribution in [1.29, 1.82) is 0 Å². The van der Waals surface area contributed by atoms with Crippen molar-refractivity contribution in [1.82, 2.24) is 10.7 Å². The maximum absolute atomic E-state index is 12.4. The molecule has 3 N–H and O–H groups in total. The normalized spacial score (nSPS) is 11.6. The van der Waals surface area contributed by atoms with Crippen LogP contribution in [0.25, 0.3) is 0 Å². The second-order valence-electron chi connectivity index (χ2n) is 7.62. The van der Waals surface area contributed by atoms with Gasteiger partial charge in [0, 0.05) is 11.7 Å². The van der Waals surface area contributed by atoms with Gasteiger partial charge in [0.2, 0.25) is 0 Å². The third-order valence-corrected chi connectivity index (χ3v) is 5.72. The minimum Gasteiger partial charge on any atom is -0.493 e. The molecule has 0 bridgehead atoms. The SMILES string of the molecule is CC[C@@H](C)NC(=O)C(=O)N/N=C\c1cc(I)c(OCC(=O)Nc2c(C)cccc2C)c(OC)c1. The number of ether oxygens (including phenoxy) is 2. The van der Waals surface area contributed by atoms with Crippen LogP contribution in [0.4, 0.5) is 5.69 Å². The van der Waals surface area contributed by atoms with E-state index in [4.69, 9.17) is 9.47 Å². The highest BCUT2D eigenvalue weighted by Crippen LogP contribution is 2.33. The van der Waals surface area contributed by atoms with Crippen molar-refractivity contribution in [3.8, 4) is 11.5 Å². The maximum atomic E-state index is 12.4. The average Bonchev–Trinajstić information content (AvgIpc) is 2.80. The lowest BCUT2D eigenvalue weighted by atomic mass is 10.1. The minimum absolute atomic E-state index is 0.108. The molecule has 0 saturated heterocycles. The van der Waals surface area contributed by atoms with E-state index in [0.29, 0.717) is 27.1 Å². The third-order valence-electron chi connectivity index (χ3n) is 4.92. The molecular weight excluding hydrogens is 551 g/mol. The number of rotatable bonds is 9. The monoisotopic (exact) mass is 580 g/mol. The highest BCUT2D eigenvalue weighted by atomic mass is 127. The van der Waals surface area contributed by atoms with Crippen LogP contribution >= 0.6 is 22.6 Å². The number of nitrogens with one attached hydrogen (secondary N) is 3. The number of para-hydroxylation sites is 1. The largest absolute Gasteiger partial charge is 0.493 e. The minimum atomic E-state index is -0.854. The summed E-state index contributed by atoms with van der Waals surface area (Å²) in [5.74, 6) is -1.09. The van der Waals surface area contributed by atoms with E-state index in [0.717, 1.165) is 16.8 Å². The van der Waals surface area contributed by atoms with Crippen molar-refractivity contribution in [3.63, 3.8) is 0 Å². The molecule has 0 aromatic heterocycles. The van der Waals surface area contributed by atoms with Crippen LogP contribution in [0.2, 0.25) is 0 Å². The molecule has 182 valence electrons. The number of halogens is 1. The molecule has 0 aliphatic rings. The van der Waals surface area contributed by atoms with Crippen molar-refractivity contribution < 1.29 is 23.9 Å². The van der Waals surface area contributed by atoms with Gasteiger partial charge < -0.3 is 20.1 Å². The number of benzene rings is 2. The molecule has 2 aromatic rings. The van der Waals surface area contributed by atoms with Crippen LogP contribution in [0.5, 0.6) is 11.5 Å². The van der Waals surface area contributed by atoms with Crippen LogP contribution in [0, 0.1) is 17.4 Å². The Hall–Kier alpha value is -3.15. The van der Waals surface area contributed by atoms with Gasteiger partial charge in [0.15, 0.2) is 18.1 Å². The molecule has 34 heavy (non-hydrogen) atoms. The Morgan fingerprint density at radius 2 is 1.82 bits per heavy atom. The molecular formula is C24H29IN4O5. The van der Waals surface area contributed by atoms with Crippen LogP contribution in [0.1, 0.15) is 37.0 Å². The summed E-state index contributed by atoms with van der Waals surface area (Å²) >= 11 is 2.06. The summed E-state index contributed by atoms with van der Waals surface area (Å²) in [6.45, 7) is 7.36. The van der Waals surface area contributed by atoms with Crippen molar-refractivity contribution in [2.45, 2.75) is 40.2 Å². The van der Waals surface area contributed by atoms with Gasteiger partial charge in [-0.3, -0.25) is 14.4 Å². The number of hydrogen-bond acceptors (Lipinski definition) is 6. The number of amides is 3. The number of hydrogen-bond donors (Lipinski definition) is 3. The summed E-state index contributed by atoms with van der Waals surface area (Å²) in [6, 6.07) is 9.07. The van der Waals surface area contributed by atoms with Gasteiger partial charge in [-0.2, -0.15) is 5.10 Å². The Kier molecular flexibility index (Phi) is 10.3. The van der Waals surface area contributed by atoms with E-state index in [1.165, 1.54) is 13.3 Å². The molecule has 0 unspecified atom stereocenters. The van der Waals surface area contributed by atoms with E-state index in [2.05, 4.69) is 43.8 Å². The fourth-order valence-electron chi connectivity index (χ4n) is 2.89. The quantitative estimate of drug-likeness (QED) is 0.182. The molecule has 3 amide bonds. The number of methoxy groups -OCH3 is 1. The molecule has 0 aliphatic heterocycles. The van der Waals surface area contributed by atoms with Crippen LogP contribution in [-0.2, 0) is 14.4 Å². The van der Waals surface area contributed by atoms with Crippen LogP contribution < -0.4 is 25.5 Å². The molecule has 0 aliphatic carbocycles. The maximum Gasteiger partial charge on any atom is 0.329 e. The van der Waals surface area contributed by atoms with Gasteiger partial charge in [0.25, 0.3) is 5.91 Å². The van der Waals surface area contributed by atoms with E-state index in [9.17, 15) is 14.4 Å².